The zero-order valence-corrected chi connectivity index (χ0v) is 16.4. The number of aromatic amines is 1. The normalized spacial score (nSPS) is 13.7. The van der Waals surface area contributed by atoms with E-state index in [1.165, 1.54) is 6.33 Å². The standard InChI is InChI=1S/C16H17F3N10O/c1-7-5-8(29-14(22-7)25-13(27-29)16(17,18)19)23-9(15(2,3)4)12-24-11(28-30-12)10-20-6-21-26-10/h5-6,9,23H,1-4H3,(H,20,21,26)/t9-/m0/s1. The second kappa shape index (κ2) is 6.74. The van der Waals surface area contributed by atoms with E-state index in [9.17, 15) is 13.2 Å². The summed E-state index contributed by atoms with van der Waals surface area (Å²) in [6.45, 7) is 7.39. The van der Waals surface area contributed by atoms with Gasteiger partial charge in [0.25, 0.3) is 11.6 Å². The highest BCUT2D eigenvalue weighted by molar-refractivity contribution is 5.47. The molecule has 0 spiro atoms. The van der Waals surface area contributed by atoms with Crippen LogP contribution in [0.5, 0.6) is 0 Å². The monoisotopic (exact) mass is 422 g/mol. The van der Waals surface area contributed by atoms with E-state index in [0.717, 1.165) is 4.52 Å². The first-order valence-corrected chi connectivity index (χ1v) is 8.80. The van der Waals surface area contributed by atoms with Crippen LogP contribution in [0.3, 0.4) is 0 Å². The van der Waals surface area contributed by atoms with Crippen molar-refractivity contribution in [2.75, 3.05) is 5.32 Å². The number of fused-ring (bicyclic) bond motifs is 1. The fourth-order valence-electron chi connectivity index (χ4n) is 2.77. The van der Waals surface area contributed by atoms with Gasteiger partial charge in [0.2, 0.25) is 11.7 Å². The van der Waals surface area contributed by atoms with E-state index >= 15 is 0 Å². The molecule has 14 heteroatoms. The third-order valence-corrected chi connectivity index (χ3v) is 4.17. The van der Waals surface area contributed by atoms with Gasteiger partial charge in [0.1, 0.15) is 18.2 Å². The average Bonchev–Trinajstić information content (AvgIpc) is 3.36. The molecule has 0 bridgehead atoms. The third kappa shape index (κ3) is 3.67. The molecule has 0 aliphatic rings. The minimum absolute atomic E-state index is 0.176. The quantitative estimate of drug-likeness (QED) is 0.509. The summed E-state index contributed by atoms with van der Waals surface area (Å²) in [5.74, 6) is -0.458. The van der Waals surface area contributed by atoms with Crippen molar-refractivity contribution >= 4 is 11.6 Å². The van der Waals surface area contributed by atoms with Crippen LogP contribution in [-0.2, 0) is 6.18 Å². The number of hydrogen-bond acceptors (Lipinski definition) is 9. The summed E-state index contributed by atoms with van der Waals surface area (Å²) in [6.07, 6.45) is -3.38. The molecule has 0 saturated carbocycles. The second-order valence-electron chi connectivity index (χ2n) is 7.66. The number of nitrogens with zero attached hydrogens (tertiary/aromatic N) is 8. The Morgan fingerprint density at radius 3 is 2.57 bits per heavy atom. The lowest BCUT2D eigenvalue weighted by atomic mass is 9.86. The summed E-state index contributed by atoms with van der Waals surface area (Å²) in [5, 5.41) is 17.0. The summed E-state index contributed by atoms with van der Waals surface area (Å²) in [6, 6.07) is 0.985. The van der Waals surface area contributed by atoms with Gasteiger partial charge in [-0.1, -0.05) is 25.9 Å². The molecule has 4 heterocycles. The van der Waals surface area contributed by atoms with Crippen LogP contribution in [0.2, 0.25) is 0 Å². The summed E-state index contributed by atoms with van der Waals surface area (Å²) >= 11 is 0. The molecule has 2 N–H and O–H groups in total. The molecule has 0 aromatic carbocycles. The lowest BCUT2D eigenvalue weighted by Gasteiger charge is -2.29. The predicted molar refractivity (Wildman–Crippen MR) is 96.0 cm³/mol. The molecule has 0 unspecified atom stereocenters. The maximum Gasteiger partial charge on any atom is 0.453 e. The molecule has 158 valence electrons. The molecular weight excluding hydrogens is 405 g/mol. The molecule has 0 amide bonds. The number of hydrogen-bond donors (Lipinski definition) is 2. The highest BCUT2D eigenvalue weighted by Crippen LogP contribution is 2.36. The molecule has 4 rings (SSSR count). The van der Waals surface area contributed by atoms with Crippen LogP contribution >= 0.6 is 0 Å². The Morgan fingerprint density at radius 1 is 1.17 bits per heavy atom. The number of halogens is 3. The molecule has 0 radical (unpaired) electrons. The summed E-state index contributed by atoms with van der Waals surface area (Å²) in [4.78, 5) is 15.8. The van der Waals surface area contributed by atoms with Crippen molar-refractivity contribution in [3.8, 4) is 11.6 Å². The number of rotatable bonds is 4. The van der Waals surface area contributed by atoms with Crippen LogP contribution in [0.1, 0.15) is 44.2 Å². The number of aryl methyl sites for hydroxylation is 1. The van der Waals surface area contributed by atoms with Gasteiger partial charge >= 0.3 is 6.18 Å². The van der Waals surface area contributed by atoms with E-state index in [4.69, 9.17) is 4.52 Å². The van der Waals surface area contributed by atoms with Gasteiger partial charge in [0.05, 0.1) is 0 Å². The first-order chi connectivity index (χ1) is 14.0. The summed E-state index contributed by atoms with van der Waals surface area (Å²) in [7, 11) is 0. The van der Waals surface area contributed by atoms with E-state index in [2.05, 4.69) is 45.7 Å². The molecule has 1 atom stereocenters. The minimum Gasteiger partial charge on any atom is -0.358 e. The van der Waals surface area contributed by atoms with Crippen LogP contribution in [-0.4, -0.2) is 44.9 Å². The fraction of sp³-hybridized carbons (Fsp3) is 0.438. The fourth-order valence-corrected chi connectivity index (χ4v) is 2.77. The van der Waals surface area contributed by atoms with Gasteiger partial charge in [-0.25, -0.2) is 9.97 Å². The van der Waals surface area contributed by atoms with Crippen molar-refractivity contribution in [3.63, 3.8) is 0 Å². The topological polar surface area (TPSA) is 136 Å². The average molecular weight is 422 g/mol. The van der Waals surface area contributed by atoms with Crippen molar-refractivity contribution < 1.29 is 17.7 Å². The highest BCUT2D eigenvalue weighted by atomic mass is 19.4. The van der Waals surface area contributed by atoms with Crippen LogP contribution in [0.4, 0.5) is 19.0 Å². The van der Waals surface area contributed by atoms with E-state index in [-0.39, 0.29) is 23.3 Å². The Balaban J connectivity index is 1.76. The van der Waals surface area contributed by atoms with Gasteiger partial charge in [-0.2, -0.15) is 32.8 Å². The Bertz CT molecular complexity index is 1170. The van der Waals surface area contributed by atoms with E-state index in [1.54, 1.807) is 13.0 Å². The predicted octanol–water partition coefficient (Wildman–Crippen LogP) is 2.82. The van der Waals surface area contributed by atoms with Crippen molar-refractivity contribution in [2.45, 2.75) is 39.9 Å². The number of nitrogens with one attached hydrogen (secondary N) is 2. The zero-order chi connectivity index (χ0) is 21.7. The first kappa shape index (κ1) is 19.7. The van der Waals surface area contributed by atoms with Crippen LogP contribution in [0.25, 0.3) is 17.4 Å². The molecule has 11 nitrogen and oxygen atoms in total. The van der Waals surface area contributed by atoms with E-state index < -0.39 is 23.5 Å². The number of anilines is 1. The summed E-state index contributed by atoms with van der Waals surface area (Å²) in [5.41, 5.74) is -0.00558. The maximum absolute atomic E-state index is 13.1. The molecule has 0 fully saturated rings. The molecular formula is C16H17F3N10O. The molecule has 0 aliphatic heterocycles. The van der Waals surface area contributed by atoms with E-state index in [1.807, 2.05) is 20.8 Å². The van der Waals surface area contributed by atoms with Crippen molar-refractivity contribution in [1.29, 1.82) is 0 Å². The maximum atomic E-state index is 13.1. The molecule has 0 saturated heterocycles. The summed E-state index contributed by atoms with van der Waals surface area (Å²) < 4.78 is 45.6. The SMILES string of the molecule is Cc1cc(N[C@@H](c2nc(-c3ncn[nH]3)no2)C(C)(C)C)n2nc(C(F)(F)F)nc2n1. The lowest BCUT2D eigenvalue weighted by Crippen LogP contribution is -2.27. The minimum atomic E-state index is -4.69. The van der Waals surface area contributed by atoms with Gasteiger partial charge in [-0.15, -0.1) is 5.10 Å². The van der Waals surface area contributed by atoms with Crippen molar-refractivity contribution in [3.05, 3.63) is 29.8 Å². The largest absolute Gasteiger partial charge is 0.453 e. The highest BCUT2D eigenvalue weighted by Gasteiger charge is 2.37. The van der Waals surface area contributed by atoms with Gasteiger partial charge in [-0.3, -0.25) is 5.10 Å². The Morgan fingerprint density at radius 2 is 1.93 bits per heavy atom. The lowest BCUT2D eigenvalue weighted by molar-refractivity contribution is -0.144. The van der Waals surface area contributed by atoms with Crippen molar-refractivity contribution in [1.82, 2.24) is 44.9 Å². The smallest absolute Gasteiger partial charge is 0.358 e. The third-order valence-electron chi connectivity index (χ3n) is 4.17. The Hall–Kier alpha value is -3.58. The van der Waals surface area contributed by atoms with E-state index in [0.29, 0.717) is 11.5 Å². The van der Waals surface area contributed by atoms with Gasteiger partial charge in [0, 0.05) is 11.8 Å². The van der Waals surface area contributed by atoms with Gasteiger partial charge < -0.3 is 9.84 Å². The van der Waals surface area contributed by atoms with Gasteiger partial charge in [-0.05, 0) is 12.3 Å². The Kier molecular flexibility index (Phi) is 4.43. The molecule has 4 aromatic heterocycles. The van der Waals surface area contributed by atoms with Crippen LogP contribution in [0, 0.1) is 12.3 Å². The number of alkyl halides is 3. The first-order valence-electron chi connectivity index (χ1n) is 8.80. The molecule has 30 heavy (non-hydrogen) atoms. The Labute approximate surface area is 167 Å². The molecule has 4 aromatic rings. The van der Waals surface area contributed by atoms with Gasteiger partial charge in [0.15, 0.2) is 5.82 Å². The van der Waals surface area contributed by atoms with Crippen LogP contribution in [0.15, 0.2) is 16.9 Å². The van der Waals surface area contributed by atoms with Crippen molar-refractivity contribution in [2.24, 2.45) is 5.41 Å². The molecule has 0 aliphatic carbocycles. The number of aromatic nitrogens is 9. The van der Waals surface area contributed by atoms with Crippen LogP contribution < -0.4 is 5.32 Å². The second-order valence-corrected chi connectivity index (χ2v) is 7.66. The zero-order valence-electron chi connectivity index (χ0n) is 16.4. The number of H-pyrrole nitrogens is 1.